The summed E-state index contributed by atoms with van der Waals surface area (Å²) in [6.07, 6.45) is 6.51. The monoisotopic (exact) mass is 420 g/mol. The Bertz CT molecular complexity index is 1120. The fraction of sp³-hybridized carbons (Fsp3) is 0.417. The molecule has 5 nitrogen and oxygen atoms in total. The van der Waals surface area contributed by atoms with E-state index in [1.807, 2.05) is 48.7 Å². The fourth-order valence-corrected chi connectivity index (χ4v) is 4.59. The second kappa shape index (κ2) is 7.85. The Kier molecular flexibility index (Phi) is 5.38. The second-order valence-corrected chi connectivity index (χ2v) is 9.08. The van der Waals surface area contributed by atoms with Gasteiger partial charge in [-0.15, -0.1) is 10.2 Å². The zero-order chi connectivity index (χ0) is 21.4. The molecule has 4 rings (SSSR count). The average molecular weight is 421 g/mol. The van der Waals surface area contributed by atoms with E-state index in [4.69, 9.17) is 16.9 Å². The number of Topliss-reactive ketones (excluding diaryl/α,β-unsaturated/α-hetero) is 1. The van der Waals surface area contributed by atoms with Gasteiger partial charge in [-0.3, -0.25) is 9.20 Å². The van der Waals surface area contributed by atoms with Crippen LogP contribution in [0.2, 0.25) is 5.02 Å². The summed E-state index contributed by atoms with van der Waals surface area (Å²) < 4.78 is 2.05. The standard InChI is InChI=1S/C24H25ClN4O/c1-23(2,20(30)8-3-4-15-26)19-7-5-16-29-21(19)27-28-22(29)24(13-6-14-24)17-9-11-18(25)12-10-17/h5,7,9-12,16H,3-4,6,8,13-14H2,1-2H3. The topological polar surface area (TPSA) is 71.0 Å². The fourth-order valence-electron chi connectivity index (χ4n) is 4.46. The number of halogens is 1. The van der Waals surface area contributed by atoms with E-state index in [2.05, 4.69) is 28.4 Å². The highest BCUT2D eigenvalue weighted by Gasteiger charge is 2.44. The lowest BCUT2D eigenvalue weighted by Crippen LogP contribution is -2.37. The Labute approximate surface area is 181 Å². The van der Waals surface area contributed by atoms with Gasteiger partial charge >= 0.3 is 0 Å². The van der Waals surface area contributed by atoms with Gasteiger partial charge in [0.2, 0.25) is 0 Å². The lowest BCUT2D eigenvalue weighted by molar-refractivity contribution is -0.123. The van der Waals surface area contributed by atoms with Crippen molar-refractivity contribution in [3.8, 4) is 6.07 Å². The van der Waals surface area contributed by atoms with Crippen LogP contribution < -0.4 is 0 Å². The average Bonchev–Trinajstić information content (AvgIpc) is 3.13. The minimum absolute atomic E-state index is 0.117. The van der Waals surface area contributed by atoms with Gasteiger partial charge in [-0.25, -0.2) is 0 Å². The van der Waals surface area contributed by atoms with E-state index in [0.29, 0.717) is 19.3 Å². The largest absolute Gasteiger partial charge is 0.299 e. The molecule has 2 heterocycles. The van der Waals surface area contributed by atoms with Gasteiger partial charge in [-0.05, 0) is 56.9 Å². The van der Waals surface area contributed by atoms with E-state index in [1.165, 1.54) is 5.56 Å². The van der Waals surface area contributed by atoms with Crippen molar-refractivity contribution in [2.45, 2.75) is 63.2 Å². The van der Waals surface area contributed by atoms with E-state index in [-0.39, 0.29) is 11.2 Å². The Morgan fingerprint density at radius 2 is 1.97 bits per heavy atom. The molecule has 0 atom stereocenters. The molecule has 0 N–H and O–H groups in total. The Hall–Kier alpha value is -2.71. The number of hydrogen-bond donors (Lipinski definition) is 0. The number of benzene rings is 1. The lowest BCUT2D eigenvalue weighted by atomic mass is 9.64. The number of nitriles is 1. The van der Waals surface area contributed by atoms with Gasteiger partial charge in [0.25, 0.3) is 0 Å². The molecule has 0 saturated heterocycles. The summed E-state index contributed by atoms with van der Waals surface area (Å²) in [6, 6.07) is 14.0. The number of nitrogens with zero attached hydrogens (tertiary/aromatic N) is 4. The van der Waals surface area contributed by atoms with Crippen molar-refractivity contribution < 1.29 is 4.79 Å². The highest BCUT2D eigenvalue weighted by atomic mass is 35.5. The number of fused-ring (bicyclic) bond motifs is 1. The molecule has 1 aliphatic rings. The zero-order valence-corrected chi connectivity index (χ0v) is 18.1. The summed E-state index contributed by atoms with van der Waals surface area (Å²) in [5, 5.41) is 18.6. The molecule has 30 heavy (non-hydrogen) atoms. The smallest absolute Gasteiger partial charge is 0.165 e. The number of hydrogen-bond acceptors (Lipinski definition) is 4. The molecule has 1 aliphatic carbocycles. The summed E-state index contributed by atoms with van der Waals surface area (Å²) in [7, 11) is 0. The van der Waals surface area contributed by atoms with E-state index >= 15 is 0 Å². The second-order valence-electron chi connectivity index (χ2n) is 8.64. The summed E-state index contributed by atoms with van der Waals surface area (Å²) in [5.74, 6) is 1.03. The number of aromatic nitrogens is 3. The molecule has 1 saturated carbocycles. The molecule has 0 amide bonds. The maximum absolute atomic E-state index is 12.9. The molecule has 1 aromatic carbocycles. The van der Waals surface area contributed by atoms with Gasteiger partial charge in [-0.1, -0.05) is 36.2 Å². The zero-order valence-electron chi connectivity index (χ0n) is 17.4. The van der Waals surface area contributed by atoms with Crippen molar-refractivity contribution in [3.63, 3.8) is 0 Å². The van der Waals surface area contributed by atoms with Crippen LogP contribution in [0.3, 0.4) is 0 Å². The molecule has 3 aromatic rings. The minimum atomic E-state index is -0.699. The van der Waals surface area contributed by atoms with Gasteiger partial charge in [0, 0.05) is 29.6 Å². The molecule has 2 aromatic heterocycles. The Morgan fingerprint density at radius 3 is 2.60 bits per heavy atom. The number of carbonyl (C=O) groups excluding carboxylic acids is 1. The van der Waals surface area contributed by atoms with Crippen molar-refractivity contribution in [2.24, 2.45) is 0 Å². The van der Waals surface area contributed by atoms with Crippen LogP contribution in [0.4, 0.5) is 0 Å². The molecule has 0 spiro atoms. The van der Waals surface area contributed by atoms with E-state index in [9.17, 15) is 4.79 Å². The number of unbranched alkanes of at least 4 members (excludes halogenated alkanes) is 1. The van der Waals surface area contributed by atoms with Crippen molar-refractivity contribution in [2.75, 3.05) is 0 Å². The van der Waals surface area contributed by atoms with Crippen molar-refractivity contribution in [1.82, 2.24) is 14.6 Å². The first-order valence-corrected chi connectivity index (χ1v) is 10.8. The summed E-state index contributed by atoms with van der Waals surface area (Å²) in [4.78, 5) is 12.9. The highest BCUT2D eigenvalue weighted by Crippen LogP contribution is 2.48. The highest BCUT2D eigenvalue weighted by molar-refractivity contribution is 6.30. The third kappa shape index (κ3) is 3.30. The van der Waals surface area contributed by atoms with Gasteiger partial charge in [0.05, 0.1) is 16.9 Å². The molecule has 6 heteroatoms. The number of carbonyl (C=O) groups is 1. The molecular weight excluding hydrogens is 396 g/mol. The predicted octanol–water partition coefficient (Wildman–Crippen LogP) is 5.39. The van der Waals surface area contributed by atoms with Gasteiger partial charge < -0.3 is 0 Å². The summed E-state index contributed by atoms with van der Waals surface area (Å²) in [6.45, 7) is 3.87. The summed E-state index contributed by atoms with van der Waals surface area (Å²) >= 11 is 6.11. The van der Waals surface area contributed by atoms with Crippen LogP contribution in [0.5, 0.6) is 0 Å². The van der Waals surface area contributed by atoms with Crippen LogP contribution in [-0.4, -0.2) is 20.4 Å². The Balaban J connectivity index is 1.76. The molecule has 0 radical (unpaired) electrons. The Morgan fingerprint density at radius 1 is 1.23 bits per heavy atom. The molecule has 0 aliphatic heterocycles. The first-order valence-electron chi connectivity index (χ1n) is 10.4. The maximum atomic E-state index is 12.9. The lowest BCUT2D eigenvalue weighted by Gasteiger charge is -2.41. The van der Waals surface area contributed by atoms with Gasteiger partial charge in [-0.2, -0.15) is 5.26 Å². The van der Waals surface area contributed by atoms with Crippen LogP contribution in [0.15, 0.2) is 42.6 Å². The molecule has 1 fully saturated rings. The third-order valence-corrected chi connectivity index (χ3v) is 6.78. The van der Waals surface area contributed by atoms with Crippen molar-refractivity contribution in [3.05, 3.63) is 64.6 Å². The summed E-state index contributed by atoms with van der Waals surface area (Å²) in [5.41, 5.74) is 1.92. The molecule has 0 unspecified atom stereocenters. The van der Waals surface area contributed by atoms with Crippen LogP contribution >= 0.6 is 11.6 Å². The molecule has 0 bridgehead atoms. The van der Waals surface area contributed by atoms with Gasteiger partial charge in [0.15, 0.2) is 5.65 Å². The molecular formula is C24H25ClN4O. The predicted molar refractivity (Wildman–Crippen MR) is 117 cm³/mol. The normalized spacial score (nSPS) is 15.5. The maximum Gasteiger partial charge on any atom is 0.165 e. The first-order chi connectivity index (χ1) is 14.4. The van der Waals surface area contributed by atoms with E-state index in [0.717, 1.165) is 41.3 Å². The quantitative estimate of drug-likeness (QED) is 0.480. The first kappa shape index (κ1) is 20.6. The number of rotatable bonds is 7. The van der Waals surface area contributed by atoms with Crippen LogP contribution in [0, 0.1) is 11.3 Å². The van der Waals surface area contributed by atoms with Crippen molar-refractivity contribution >= 4 is 23.0 Å². The van der Waals surface area contributed by atoms with E-state index in [1.54, 1.807) is 0 Å². The van der Waals surface area contributed by atoms with Crippen LogP contribution in [0.1, 0.15) is 69.3 Å². The van der Waals surface area contributed by atoms with Crippen molar-refractivity contribution in [1.29, 1.82) is 5.26 Å². The third-order valence-electron chi connectivity index (χ3n) is 6.53. The number of pyridine rings is 1. The SMILES string of the molecule is CC(C)(C(=O)CCCC#N)c1cccn2c(C3(c4ccc(Cl)cc4)CCC3)nnc12. The van der Waals surface area contributed by atoms with E-state index < -0.39 is 5.41 Å². The van der Waals surface area contributed by atoms with Gasteiger partial charge in [0.1, 0.15) is 11.6 Å². The van der Waals surface area contributed by atoms with Crippen LogP contribution in [0.25, 0.3) is 5.65 Å². The minimum Gasteiger partial charge on any atom is -0.299 e. The van der Waals surface area contributed by atoms with Crippen LogP contribution in [-0.2, 0) is 15.6 Å². The molecule has 154 valence electrons. The number of ketones is 1.